The summed E-state index contributed by atoms with van der Waals surface area (Å²) in [5.41, 5.74) is 6.00. The Bertz CT molecular complexity index is 774. The fourth-order valence-corrected chi connectivity index (χ4v) is 1.81. The summed E-state index contributed by atoms with van der Waals surface area (Å²) in [4.78, 5) is 11.7. The maximum atomic E-state index is 11.7. The summed E-state index contributed by atoms with van der Waals surface area (Å²) in [5.74, 6) is 0.346. The van der Waals surface area contributed by atoms with Crippen LogP contribution in [-0.2, 0) is 0 Å². The number of nitrogens with two attached hydrogens (primary N) is 1. The lowest BCUT2D eigenvalue weighted by Crippen LogP contribution is -2.01. The van der Waals surface area contributed by atoms with E-state index in [-0.39, 0.29) is 11.3 Å². The molecule has 0 bridgehead atoms. The molecule has 0 saturated carbocycles. The van der Waals surface area contributed by atoms with Crippen LogP contribution >= 0.6 is 11.6 Å². The van der Waals surface area contributed by atoms with Gasteiger partial charge in [0.05, 0.1) is 0 Å². The van der Waals surface area contributed by atoms with E-state index in [0.29, 0.717) is 16.3 Å². The number of nitrogens with zero attached hydrogens (tertiary/aromatic N) is 1. The van der Waals surface area contributed by atoms with Gasteiger partial charge in [0, 0.05) is 16.7 Å². The molecule has 0 fully saturated rings. The Morgan fingerprint density at radius 3 is 2.67 bits per heavy atom. The second-order valence-electron chi connectivity index (χ2n) is 3.71. The van der Waals surface area contributed by atoms with Crippen molar-refractivity contribution >= 4 is 28.4 Å². The molecule has 0 aliphatic carbocycles. The Kier molecular flexibility index (Phi) is 2.34. The van der Waals surface area contributed by atoms with Crippen LogP contribution in [0.15, 0.2) is 44.1 Å². The summed E-state index contributed by atoms with van der Waals surface area (Å²) >= 11 is 5.79. The largest absolute Gasteiger partial charge is 0.422 e. The van der Waals surface area contributed by atoms with Gasteiger partial charge in [0.25, 0.3) is 0 Å². The van der Waals surface area contributed by atoms with Crippen molar-refractivity contribution in [2.24, 2.45) is 0 Å². The van der Waals surface area contributed by atoms with Crippen LogP contribution < -0.4 is 11.4 Å². The fraction of sp³-hybridized carbons (Fsp3) is 0. The smallest absolute Gasteiger partial charge is 0.351 e. The quantitative estimate of drug-likeness (QED) is 0.729. The first-order valence-corrected chi connectivity index (χ1v) is 5.48. The number of hydrogen-bond donors (Lipinski definition) is 1. The summed E-state index contributed by atoms with van der Waals surface area (Å²) in [7, 11) is 0. The van der Waals surface area contributed by atoms with Gasteiger partial charge in [0.1, 0.15) is 11.3 Å². The first-order valence-electron chi connectivity index (χ1n) is 5.10. The van der Waals surface area contributed by atoms with E-state index in [2.05, 4.69) is 5.16 Å². The molecular formula is C12H7ClN2O3. The molecule has 3 aromatic rings. The number of hydrogen-bond acceptors (Lipinski definition) is 5. The highest BCUT2D eigenvalue weighted by Crippen LogP contribution is 2.25. The Hall–Kier alpha value is -2.27. The van der Waals surface area contributed by atoms with Gasteiger partial charge in [0.15, 0.2) is 5.39 Å². The predicted octanol–water partition coefficient (Wildman–Crippen LogP) is 2.68. The van der Waals surface area contributed by atoms with Crippen molar-refractivity contribution in [3.8, 4) is 11.3 Å². The van der Waals surface area contributed by atoms with Gasteiger partial charge >= 0.3 is 5.63 Å². The van der Waals surface area contributed by atoms with Gasteiger partial charge < -0.3 is 14.7 Å². The van der Waals surface area contributed by atoms with E-state index < -0.39 is 5.63 Å². The van der Waals surface area contributed by atoms with Crippen LogP contribution in [0.4, 0.5) is 5.88 Å². The number of nitrogen functional groups attached to an aromatic ring is 1. The molecule has 2 heterocycles. The van der Waals surface area contributed by atoms with E-state index in [0.717, 1.165) is 5.56 Å². The molecule has 6 heteroatoms. The van der Waals surface area contributed by atoms with Gasteiger partial charge in [0.2, 0.25) is 5.88 Å². The van der Waals surface area contributed by atoms with Crippen LogP contribution in [0.5, 0.6) is 0 Å². The molecule has 1 aromatic carbocycles. The van der Waals surface area contributed by atoms with Crippen LogP contribution in [0.2, 0.25) is 5.02 Å². The zero-order valence-electron chi connectivity index (χ0n) is 9.01. The molecule has 0 amide bonds. The second kappa shape index (κ2) is 3.89. The van der Waals surface area contributed by atoms with Crippen LogP contribution in [0.1, 0.15) is 0 Å². The third-order valence-electron chi connectivity index (χ3n) is 2.55. The number of anilines is 1. The summed E-state index contributed by atoms with van der Waals surface area (Å²) < 4.78 is 9.93. The van der Waals surface area contributed by atoms with E-state index >= 15 is 0 Å². The predicted molar refractivity (Wildman–Crippen MR) is 67.4 cm³/mol. The van der Waals surface area contributed by atoms with E-state index in [9.17, 15) is 4.79 Å². The van der Waals surface area contributed by atoms with Crippen LogP contribution in [0, 0.1) is 0 Å². The van der Waals surface area contributed by atoms with Crippen LogP contribution in [0.25, 0.3) is 22.2 Å². The molecule has 0 aliphatic heterocycles. The average Bonchev–Trinajstić information content (AvgIpc) is 2.72. The molecule has 0 spiro atoms. The highest BCUT2D eigenvalue weighted by Gasteiger charge is 2.13. The van der Waals surface area contributed by atoms with Crippen molar-refractivity contribution in [2.45, 2.75) is 0 Å². The van der Waals surface area contributed by atoms with Crippen molar-refractivity contribution < 1.29 is 8.94 Å². The van der Waals surface area contributed by atoms with Gasteiger partial charge in [-0.2, -0.15) is 0 Å². The van der Waals surface area contributed by atoms with E-state index in [1.165, 1.54) is 0 Å². The molecule has 18 heavy (non-hydrogen) atoms. The minimum Gasteiger partial charge on any atom is -0.422 e. The first kappa shape index (κ1) is 10.9. The third-order valence-corrected chi connectivity index (χ3v) is 2.80. The highest BCUT2D eigenvalue weighted by atomic mass is 35.5. The number of aromatic nitrogens is 1. The summed E-state index contributed by atoms with van der Waals surface area (Å²) in [6.45, 7) is 0. The van der Waals surface area contributed by atoms with Gasteiger partial charge in [-0.15, -0.1) is 0 Å². The Balaban J connectivity index is 2.25. The zero-order chi connectivity index (χ0) is 12.7. The normalized spacial score (nSPS) is 10.9. The number of rotatable bonds is 1. The highest BCUT2D eigenvalue weighted by molar-refractivity contribution is 6.30. The van der Waals surface area contributed by atoms with Crippen molar-refractivity contribution in [1.29, 1.82) is 0 Å². The minimum absolute atomic E-state index is 0.0404. The van der Waals surface area contributed by atoms with Gasteiger partial charge in [-0.05, 0) is 24.3 Å². The van der Waals surface area contributed by atoms with E-state index in [4.69, 9.17) is 26.3 Å². The fourth-order valence-electron chi connectivity index (χ4n) is 1.68. The maximum absolute atomic E-state index is 11.7. The topological polar surface area (TPSA) is 82.3 Å². The van der Waals surface area contributed by atoms with Gasteiger partial charge in [-0.3, -0.25) is 0 Å². The van der Waals surface area contributed by atoms with Crippen LogP contribution in [0.3, 0.4) is 0 Å². The Labute approximate surface area is 106 Å². The lowest BCUT2D eigenvalue weighted by Gasteiger charge is -1.99. The van der Waals surface area contributed by atoms with Crippen molar-refractivity contribution in [2.75, 3.05) is 5.73 Å². The number of fused-ring (bicyclic) bond motifs is 1. The molecule has 0 radical (unpaired) electrons. The molecule has 5 nitrogen and oxygen atoms in total. The first-order chi connectivity index (χ1) is 8.65. The SMILES string of the molecule is Nc1onc2cc(-c3ccc(Cl)cc3)oc(=O)c12. The third kappa shape index (κ3) is 1.65. The number of halogens is 1. The summed E-state index contributed by atoms with van der Waals surface area (Å²) in [6, 6.07) is 8.50. The molecule has 0 aliphatic rings. The average molecular weight is 263 g/mol. The molecule has 90 valence electrons. The van der Waals surface area contributed by atoms with E-state index in [1.54, 1.807) is 30.3 Å². The van der Waals surface area contributed by atoms with Gasteiger partial charge in [-0.25, -0.2) is 4.79 Å². The van der Waals surface area contributed by atoms with E-state index in [1.807, 2.05) is 0 Å². The van der Waals surface area contributed by atoms with Crippen molar-refractivity contribution in [3.63, 3.8) is 0 Å². The van der Waals surface area contributed by atoms with Crippen molar-refractivity contribution in [3.05, 3.63) is 45.8 Å². The zero-order valence-corrected chi connectivity index (χ0v) is 9.77. The molecule has 2 aromatic heterocycles. The van der Waals surface area contributed by atoms with Crippen LogP contribution in [-0.4, -0.2) is 5.16 Å². The Morgan fingerprint density at radius 2 is 1.94 bits per heavy atom. The van der Waals surface area contributed by atoms with Gasteiger partial charge in [-0.1, -0.05) is 16.8 Å². The molecule has 0 unspecified atom stereocenters. The maximum Gasteiger partial charge on any atom is 0.351 e. The summed E-state index contributed by atoms with van der Waals surface area (Å²) in [5, 5.41) is 4.46. The Morgan fingerprint density at radius 1 is 1.22 bits per heavy atom. The van der Waals surface area contributed by atoms with Crippen molar-refractivity contribution in [1.82, 2.24) is 5.16 Å². The lowest BCUT2D eigenvalue weighted by atomic mass is 10.1. The number of benzene rings is 1. The lowest BCUT2D eigenvalue weighted by molar-refractivity contribution is 0.445. The molecule has 3 rings (SSSR count). The minimum atomic E-state index is -0.573. The monoisotopic (exact) mass is 262 g/mol. The summed E-state index contributed by atoms with van der Waals surface area (Å²) in [6.07, 6.45) is 0. The standard InChI is InChI=1S/C12H7ClN2O3/c13-7-3-1-6(2-4-7)9-5-8-10(12(16)17-9)11(14)18-15-8/h1-5H,14H2. The molecule has 0 saturated heterocycles. The molecule has 2 N–H and O–H groups in total. The molecular weight excluding hydrogens is 256 g/mol. The second-order valence-corrected chi connectivity index (χ2v) is 4.15. The molecule has 0 atom stereocenters.